The van der Waals surface area contributed by atoms with Gasteiger partial charge in [-0.1, -0.05) is 133 Å². The summed E-state index contributed by atoms with van der Waals surface area (Å²) in [5, 5.41) is 2.56. The van der Waals surface area contributed by atoms with Crippen LogP contribution in [0.25, 0.3) is 49.7 Å². The van der Waals surface area contributed by atoms with E-state index in [0.29, 0.717) is 0 Å². The molecule has 45 heavy (non-hydrogen) atoms. The third-order valence-corrected chi connectivity index (χ3v) is 8.98. The summed E-state index contributed by atoms with van der Waals surface area (Å²) in [6.45, 7) is 13.2. The zero-order valence-corrected chi connectivity index (χ0v) is 27.0. The Morgan fingerprint density at radius 3 is 2.13 bits per heavy atom. The highest BCUT2D eigenvalue weighted by atomic mass is 14.2. The number of fused-ring (bicyclic) bond motifs is 1. The number of rotatable bonds is 9. The fourth-order valence-corrected chi connectivity index (χ4v) is 6.58. The second-order valence-corrected chi connectivity index (χ2v) is 12.3. The molecule has 0 unspecified atom stereocenters. The number of aryl methyl sites for hydroxylation is 3. The van der Waals surface area contributed by atoms with Crippen molar-refractivity contribution in [2.75, 3.05) is 0 Å². The Kier molecular flexibility index (Phi) is 8.94. The zero-order chi connectivity index (χ0) is 31.3. The van der Waals surface area contributed by atoms with Gasteiger partial charge in [0.1, 0.15) is 0 Å². The van der Waals surface area contributed by atoms with E-state index in [1.165, 1.54) is 83.1 Å². The maximum absolute atomic E-state index is 4.51. The first-order valence-corrected chi connectivity index (χ1v) is 16.1. The predicted molar refractivity (Wildman–Crippen MR) is 197 cm³/mol. The molecule has 6 aromatic rings. The van der Waals surface area contributed by atoms with Crippen molar-refractivity contribution in [3.63, 3.8) is 0 Å². The molecule has 0 saturated heterocycles. The molecule has 0 fully saturated rings. The third kappa shape index (κ3) is 6.61. The summed E-state index contributed by atoms with van der Waals surface area (Å²) in [5.41, 5.74) is 16.6. The van der Waals surface area contributed by atoms with Crippen LogP contribution in [0.3, 0.4) is 0 Å². The molecule has 0 N–H and O–H groups in total. The fraction of sp³-hybridized carbons (Fsp3) is 0.156. The van der Waals surface area contributed by atoms with Crippen LogP contribution in [-0.4, -0.2) is 0 Å². The van der Waals surface area contributed by atoms with Crippen molar-refractivity contribution in [1.29, 1.82) is 0 Å². The third-order valence-electron chi connectivity index (χ3n) is 8.98. The van der Waals surface area contributed by atoms with E-state index in [-0.39, 0.29) is 0 Å². The minimum Gasteiger partial charge on any atom is -0.0952 e. The predicted octanol–water partition coefficient (Wildman–Crippen LogP) is 12.7. The molecule has 0 saturated carbocycles. The van der Waals surface area contributed by atoms with Gasteiger partial charge in [0.05, 0.1) is 0 Å². The summed E-state index contributed by atoms with van der Waals surface area (Å²) in [4.78, 5) is 0. The summed E-state index contributed by atoms with van der Waals surface area (Å²) in [5.74, 6) is 0. The standard InChI is InChI=1S/C45H42/c1-6-7-9-13-32(3)45-33(4)14-12-17-43(45)40-24-25-42(34(5)27-40)44-30-39(22-23-41(44)28-35-15-10-8-11-16-35)38-21-20-36-26-31(2)18-19-37(36)29-38/h6-8,10-12,14-27,29-30H,3,9,13,28H2,1-2,4-5H3/b7-6-. The van der Waals surface area contributed by atoms with E-state index in [2.05, 4.69) is 168 Å². The molecule has 0 aromatic heterocycles. The van der Waals surface area contributed by atoms with Crippen LogP contribution >= 0.6 is 0 Å². The SMILES string of the molecule is C=C(CC/C=C\C)c1c(C)cccc1-c1ccc(-c2cc(-c3ccc4cc(C)ccc4c3)ccc2Cc2ccccc2)c(C)c1. The fourth-order valence-electron chi connectivity index (χ4n) is 6.58. The molecule has 0 amide bonds. The van der Waals surface area contributed by atoms with Crippen molar-refractivity contribution < 1.29 is 0 Å². The lowest BCUT2D eigenvalue weighted by atomic mass is 9.86. The van der Waals surface area contributed by atoms with Gasteiger partial charge in [-0.15, -0.1) is 0 Å². The second-order valence-electron chi connectivity index (χ2n) is 12.3. The first-order chi connectivity index (χ1) is 21.9. The van der Waals surface area contributed by atoms with Gasteiger partial charge in [-0.25, -0.2) is 0 Å². The maximum Gasteiger partial charge on any atom is -0.00196 e. The summed E-state index contributed by atoms with van der Waals surface area (Å²) in [7, 11) is 0. The molecule has 6 rings (SSSR count). The summed E-state index contributed by atoms with van der Waals surface area (Å²) >= 11 is 0. The van der Waals surface area contributed by atoms with Crippen molar-refractivity contribution in [2.45, 2.75) is 47.0 Å². The van der Waals surface area contributed by atoms with Crippen molar-refractivity contribution >= 4 is 16.3 Å². The van der Waals surface area contributed by atoms with Gasteiger partial charge in [-0.3, -0.25) is 0 Å². The topological polar surface area (TPSA) is 0 Å². The minimum atomic E-state index is 0.892. The molecule has 222 valence electrons. The average molecular weight is 583 g/mol. The van der Waals surface area contributed by atoms with Crippen LogP contribution in [-0.2, 0) is 6.42 Å². The zero-order valence-electron chi connectivity index (χ0n) is 27.0. The minimum absolute atomic E-state index is 0.892. The molecule has 6 aromatic carbocycles. The molecule has 0 radical (unpaired) electrons. The van der Waals surface area contributed by atoms with E-state index < -0.39 is 0 Å². The van der Waals surface area contributed by atoms with Crippen molar-refractivity contribution in [2.24, 2.45) is 0 Å². The lowest BCUT2D eigenvalue weighted by molar-refractivity contribution is 1.07. The molecule has 0 aliphatic heterocycles. The molecule has 0 aliphatic carbocycles. The van der Waals surface area contributed by atoms with Gasteiger partial charge in [-0.2, -0.15) is 0 Å². The Balaban J connectivity index is 1.43. The van der Waals surface area contributed by atoms with Crippen LogP contribution < -0.4 is 0 Å². The molecule has 0 nitrogen and oxygen atoms in total. The molecule has 0 aliphatic rings. The average Bonchev–Trinajstić information content (AvgIpc) is 3.05. The smallest absolute Gasteiger partial charge is 0.00196 e. The highest BCUT2D eigenvalue weighted by Gasteiger charge is 2.15. The first-order valence-electron chi connectivity index (χ1n) is 16.1. The molecule has 0 bridgehead atoms. The Labute approximate surface area is 269 Å². The van der Waals surface area contributed by atoms with Crippen LogP contribution in [0.5, 0.6) is 0 Å². The molecular weight excluding hydrogens is 540 g/mol. The number of hydrogen-bond acceptors (Lipinski definition) is 0. The molecule has 0 heterocycles. The molecule has 0 spiro atoms. The Morgan fingerprint density at radius 2 is 1.33 bits per heavy atom. The van der Waals surface area contributed by atoms with Crippen LogP contribution in [0.1, 0.15) is 53.1 Å². The maximum atomic E-state index is 4.51. The van der Waals surface area contributed by atoms with Crippen molar-refractivity contribution in [3.05, 3.63) is 173 Å². The lowest BCUT2D eigenvalue weighted by Crippen LogP contribution is -1.97. The van der Waals surface area contributed by atoms with Crippen LogP contribution in [0, 0.1) is 20.8 Å². The second kappa shape index (κ2) is 13.4. The van der Waals surface area contributed by atoms with E-state index in [9.17, 15) is 0 Å². The number of allylic oxidation sites excluding steroid dienone is 3. The normalized spacial score (nSPS) is 11.4. The quantitative estimate of drug-likeness (QED) is 0.149. The van der Waals surface area contributed by atoms with Crippen LogP contribution in [0.15, 0.2) is 140 Å². The van der Waals surface area contributed by atoms with Crippen LogP contribution in [0.2, 0.25) is 0 Å². The molecule has 0 atom stereocenters. The Morgan fingerprint density at radius 1 is 0.600 bits per heavy atom. The van der Waals surface area contributed by atoms with E-state index in [1.807, 2.05) is 0 Å². The lowest BCUT2D eigenvalue weighted by Gasteiger charge is -2.18. The van der Waals surface area contributed by atoms with Gasteiger partial charge in [0.15, 0.2) is 0 Å². The van der Waals surface area contributed by atoms with E-state index in [4.69, 9.17) is 0 Å². The van der Waals surface area contributed by atoms with E-state index in [1.54, 1.807) is 0 Å². The van der Waals surface area contributed by atoms with E-state index in [0.717, 1.165) is 19.3 Å². The van der Waals surface area contributed by atoms with E-state index >= 15 is 0 Å². The highest BCUT2D eigenvalue weighted by molar-refractivity contribution is 5.89. The number of hydrogen-bond donors (Lipinski definition) is 0. The Hall–Kier alpha value is -4.94. The van der Waals surface area contributed by atoms with Crippen molar-refractivity contribution in [1.82, 2.24) is 0 Å². The summed E-state index contributed by atoms with van der Waals surface area (Å²) < 4.78 is 0. The summed E-state index contributed by atoms with van der Waals surface area (Å²) in [6, 6.07) is 45.0. The molecular formula is C45H42. The largest absolute Gasteiger partial charge is 0.0952 e. The monoisotopic (exact) mass is 582 g/mol. The van der Waals surface area contributed by atoms with Gasteiger partial charge in [0, 0.05) is 0 Å². The highest BCUT2D eigenvalue weighted by Crippen LogP contribution is 2.38. The van der Waals surface area contributed by atoms with Gasteiger partial charge < -0.3 is 0 Å². The summed E-state index contributed by atoms with van der Waals surface area (Å²) in [6.07, 6.45) is 7.21. The van der Waals surface area contributed by atoms with Gasteiger partial charge in [-0.05, 0) is 137 Å². The van der Waals surface area contributed by atoms with Gasteiger partial charge in [0.25, 0.3) is 0 Å². The number of benzene rings is 6. The van der Waals surface area contributed by atoms with Crippen LogP contribution in [0.4, 0.5) is 0 Å². The Bertz CT molecular complexity index is 2020. The molecule has 0 heteroatoms. The first kappa shape index (κ1) is 30.1. The van der Waals surface area contributed by atoms with Crippen molar-refractivity contribution in [3.8, 4) is 33.4 Å². The van der Waals surface area contributed by atoms with Gasteiger partial charge in [0.2, 0.25) is 0 Å². The van der Waals surface area contributed by atoms with Gasteiger partial charge >= 0.3 is 0 Å².